The molecular formula is C17H21NO. The number of hydrogen-bond donors (Lipinski definition) is 0. The molecule has 0 aliphatic heterocycles. The van der Waals surface area contributed by atoms with Crippen LogP contribution in [0.5, 0.6) is 5.75 Å². The van der Waals surface area contributed by atoms with Gasteiger partial charge < -0.3 is 4.74 Å². The standard InChI is InChI=1S/C17H21NO/c1-4-6-15(13-14-18-3)7-8-16-9-11-17(12-10-16)19-5-2/h4,6-14H,5H2,1-3H3/b6-4-,8-7+,15-13+,18-14?. The van der Waals surface area contributed by atoms with E-state index in [2.05, 4.69) is 17.1 Å². The van der Waals surface area contributed by atoms with Crippen LogP contribution in [0, 0.1) is 0 Å². The zero-order valence-corrected chi connectivity index (χ0v) is 11.8. The third kappa shape index (κ3) is 5.87. The van der Waals surface area contributed by atoms with Gasteiger partial charge in [-0.25, -0.2) is 0 Å². The monoisotopic (exact) mass is 255 g/mol. The Hall–Kier alpha value is -2.09. The molecule has 0 fully saturated rings. The highest BCUT2D eigenvalue weighted by molar-refractivity contribution is 5.74. The predicted octanol–water partition coefficient (Wildman–Crippen LogP) is 4.30. The highest BCUT2D eigenvalue weighted by Gasteiger charge is 1.91. The van der Waals surface area contributed by atoms with Gasteiger partial charge in [0.1, 0.15) is 5.75 Å². The molecular weight excluding hydrogens is 234 g/mol. The molecule has 1 aromatic carbocycles. The number of allylic oxidation sites excluding steroid dienone is 5. The Kier molecular flexibility index (Phi) is 7.03. The van der Waals surface area contributed by atoms with Crippen LogP contribution in [-0.4, -0.2) is 19.9 Å². The van der Waals surface area contributed by atoms with Crippen LogP contribution in [0.4, 0.5) is 0 Å². The number of nitrogens with zero attached hydrogens (tertiary/aromatic N) is 1. The van der Waals surface area contributed by atoms with Crippen LogP contribution in [0.1, 0.15) is 19.4 Å². The van der Waals surface area contributed by atoms with Gasteiger partial charge in [-0.05, 0) is 43.2 Å². The minimum absolute atomic E-state index is 0.694. The summed E-state index contributed by atoms with van der Waals surface area (Å²) in [6.07, 6.45) is 12.0. The van der Waals surface area contributed by atoms with E-state index in [-0.39, 0.29) is 0 Å². The Morgan fingerprint density at radius 2 is 1.95 bits per heavy atom. The van der Waals surface area contributed by atoms with E-state index in [0.717, 1.165) is 16.9 Å². The predicted molar refractivity (Wildman–Crippen MR) is 84.0 cm³/mol. The quantitative estimate of drug-likeness (QED) is 0.548. The first-order chi connectivity index (χ1) is 9.30. The SMILES string of the molecule is C\C=C/C(/C=C/c1ccc(OCC)cc1)=C\C=NC. The minimum atomic E-state index is 0.694. The number of aliphatic imine (C=N–C) groups is 1. The summed E-state index contributed by atoms with van der Waals surface area (Å²) >= 11 is 0. The summed E-state index contributed by atoms with van der Waals surface area (Å²) in [4.78, 5) is 3.96. The lowest BCUT2D eigenvalue weighted by Crippen LogP contribution is -1.90. The zero-order chi connectivity index (χ0) is 13.9. The fraction of sp³-hybridized carbons (Fsp3) is 0.235. The third-order valence-corrected chi connectivity index (χ3v) is 2.43. The fourth-order valence-electron chi connectivity index (χ4n) is 1.55. The summed E-state index contributed by atoms with van der Waals surface area (Å²) in [5, 5.41) is 0. The van der Waals surface area contributed by atoms with E-state index in [0.29, 0.717) is 6.61 Å². The molecule has 0 radical (unpaired) electrons. The molecule has 2 nitrogen and oxygen atoms in total. The zero-order valence-electron chi connectivity index (χ0n) is 11.8. The first-order valence-corrected chi connectivity index (χ1v) is 6.46. The Labute approximate surface area is 115 Å². The molecule has 100 valence electrons. The molecule has 19 heavy (non-hydrogen) atoms. The molecule has 0 unspecified atom stereocenters. The maximum Gasteiger partial charge on any atom is 0.119 e. The number of benzene rings is 1. The maximum absolute atomic E-state index is 5.41. The summed E-state index contributed by atoms with van der Waals surface area (Å²) in [5.41, 5.74) is 2.26. The molecule has 0 aromatic heterocycles. The first-order valence-electron chi connectivity index (χ1n) is 6.46. The van der Waals surface area contributed by atoms with Crippen LogP contribution in [-0.2, 0) is 0 Å². The smallest absolute Gasteiger partial charge is 0.119 e. The molecule has 0 bridgehead atoms. The summed E-state index contributed by atoms with van der Waals surface area (Å²) in [5.74, 6) is 0.905. The van der Waals surface area contributed by atoms with Gasteiger partial charge in [-0.15, -0.1) is 0 Å². The normalized spacial score (nSPS) is 12.9. The molecule has 1 aromatic rings. The van der Waals surface area contributed by atoms with Gasteiger partial charge in [0.2, 0.25) is 0 Å². The van der Waals surface area contributed by atoms with Gasteiger partial charge in [0.25, 0.3) is 0 Å². The van der Waals surface area contributed by atoms with Gasteiger partial charge >= 0.3 is 0 Å². The largest absolute Gasteiger partial charge is 0.494 e. The molecule has 0 saturated carbocycles. The van der Waals surface area contributed by atoms with Crippen LogP contribution < -0.4 is 4.74 Å². The van der Waals surface area contributed by atoms with E-state index in [1.54, 1.807) is 13.3 Å². The second-order valence-electron chi connectivity index (χ2n) is 3.91. The molecule has 0 aliphatic rings. The van der Waals surface area contributed by atoms with Crippen molar-refractivity contribution in [2.45, 2.75) is 13.8 Å². The van der Waals surface area contributed by atoms with Gasteiger partial charge in [0.05, 0.1) is 6.61 Å². The van der Waals surface area contributed by atoms with E-state index in [1.165, 1.54) is 0 Å². The van der Waals surface area contributed by atoms with Gasteiger partial charge in [-0.2, -0.15) is 0 Å². The van der Waals surface area contributed by atoms with Crippen molar-refractivity contribution >= 4 is 12.3 Å². The van der Waals surface area contributed by atoms with Crippen LogP contribution in [0.15, 0.2) is 59.1 Å². The highest BCUT2D eigenvalue weighted by atomic mass is 16.5. The maximum atomic E-state index is 5.41. The highest BCUT2D eigenvalue weighted by Crippen LogP contribution is 2.14. The Morgan fingerprint density at radius 3 is 2.53 bits per heavy atom. The lowest BCUT2D eigenvalue weighted by atomic mass is 10.1. The summed E-state index contributed by atoms with van der Waals surface area (Å²) in [7, 11) is 1.76. The first kappa shape index (κ1) is 15.0. The average molecular weight is 255 g/mol. The van der Waals surface area contributed by atoms with Crippen LogP contribution in [0.2, 0.25) is 0 Å². The van der Waals surface area contributed by atoms with E-state index in [9.17, 15) is 0 Å². The van der Waals surface area contributed by atoms with Gasteiger partial charge in [-0.1, -0.05) is 36.4 Å². The molecule has 0 spiro atoms. The molecule has 1 rings (SSSR count). The minimum Gasteiger partial charge on any atom is -0.494 e. The Morgan fingerprint density at radius 1 is 1.21 bits per heavy atom. The summed E-state index contributed by atoms with van der Waals surface area (Å²) in [6, 6.07) is 8.05. The van der Waals surface area contributed by atoms with E-state index in [1.807, 2.05) is 56.3 Å². The van der Waals surface area contributed by atoms with Crippen molar-refractivity contribution in [2.75, 3.05) is 13.7 Å². The Bertz CT molecular complexity index is 478. The van der Waals surface area contributed by atoms with Crippen molar-refractivity contribution in [2.24, 2.45) is 4.99 Å². The van der Waals surface area contributed by atoms with Crippen molar-refractivity contribution in [3.63, 3.8) is 0 Å². The number of ether oxygens (including phenoxy) is 1. The van der Waals surface area contributed by atoms with Crippen LogP contribution >= 0.6 is 0 Å². The molecule has 0 heterocycles. The van der Waals surface area contributed by atoms with Crippen molar-refractivity contribution in [3.8, 4) is 5.75 Å². The van der Waals surface area contributed by atoms with Crippen molar-refractivity contribution < 1.29 is 4.74 Å². The second kappa shape index (κ2) is 8.92. The topological polar surface area (TPSA) is 21.6 Å². The van der Waals surface area contributed by atoms with Crippen LogP contribution in [0.3, 0.4) is 0 Å². The third-order valence-electron chi connectivity index (χ3n) is 2.43. The molecule has 0 amide bonds. The van der Waals surface area contributed by atoms with E-state index >= 15 is 0 Å². The summed E-state index contributed by atoms with van der Waals surface area (Å²) < 4.78 is 5.41. The van der Waals surface area contributed by atoms with Gasteiger partial charge in [0.15, 0.2) is 0 Å². The van der Waals surface area contributed by atoms with Crippen LogP contribution in [0.25, 0.3) is 6.08 Å². The molecule has 0 aliphatic carbocycles. The van der Waals surface area contributed by atoms with Crippen molar-refractivity contribution in [1.29, 1.82) is 0 Å². The second-order valence-corrected chi connectivity index (χ2v) is 3.91. The molecule has 0 atom stereocenters. The molecule has 0 N–H and O–H groups in total. The molecule has 2 heteroatoms. The number of rotatable bonds is 6. The van der Waals surface area contributed by atoms with Crippen molar-refractivity contribution in [3.05, 3.63) is 59.7 Å². The Balaban J connectivity index is 2.78. The van der Waals surface area contributed by atoms with Gasteiger partial charge in [-0.3, -0.25) is 4.99 Å². The molecule has 0 saturated heterocycles. The number of hydrogen-bond acceptors (Lipinski definition) is 2. The lowest BCUT2D eigenvalue weighted by Gasteiger charge is -2.02. The van der Waals surface area contributed by atoms with Crippen molar-refractivity contribution in [1.82, 2.24) is 0 Å². The average Bonchev–Trinajstić information content (AvgIpc) is 2.44. The lowest BCUT2D eigenvalue weighted by molar-refractivity contribution is 0.340. The van der Waals surface area contributed by atoms with Gasteiger partial charge in [0, 0.05) is 13.3 Å². The van der Waals surface area contributed by atoms with E-state index < -0.39 is 0 Å². The summed E-state index contributed by atoms with van der Waals surface area (Å²) in [6.45, 7) is 4.68. The van der Waals surface area contributed by atoms with E-state index in [4.69, 9.17) is 4.74 Å². The fourth-order valence-corrected chi connectivity index (χ4v) is 1.55.